The highest BCUT2D eigenvalue weighted by Gasteiger charge is 2.57. The number of rotatable bonds is 1. The zero-order valence-electron chi connectivity index (χ0n) is 8.28. The topological polar surface area (TPSA) is 63.3 Å². The van der Waals surface area contributed by atoms with Crippen LogP contribution in [0.3, 0.4) is 0 Å². The van der Waals surface area contributed by atoms with Gasteiger partial charge < -0.3 is 10.8 Å². The van der Waals surface area contributed by atoms with E-state index in [4.69, 9.17) is 5.73 Å². The summed E-state index contributed by atoms with van der Waals surface area (Å²) in [5, 5.41) is 9.97. The van der Waals surface area contributed by atoms with E-state index in [-0.39, 0.29) is 17.4 Å². The number of hydrogen-bond donors (Lipinski definition) is 2. The summed E-state index contributed by atoms with van der Waals surface area (Å²) in [6, 6.07) is 0. The van der Waals surface area contributed by atoms with Crippen molar-refractivity contribution in [1.29, 1.82) is 0 Å². The van der Waals surface area contributed by atoms with Crippen LogP contribution in [0.5, 0.6) is 0 Å². The van der Waals surface area contributed by atoms with Gasteiger partial charge in [-0.25, -0.2) is 0 Å². The fraction of sp³-hybridized carbons (Fsp3) is 0.909. The van der Waals surface area contributed by atoms with Crippen LogP contribution >= 0.6 is 0 Å². The number of carbonyl (C=O) groups excluding carboxylic acids is 1. The Kier molecular flexibility index (Phi) is 1.56. The van der Waals surface area contributed by atoms with E-state index >= 15 is 0 Å². The monoisotopic (exact) mass is 195 g/mol. The number of primary amides is 1. The van der Waals surface area contributed by atoms with Gasteiger partial charge >= 0.3 is 0 Å². The van der Waals surface area contributed by atoms with Crippen LogP contribution < -0.4 is 5.73 Å². The Bertz CT molecular complexity index is 273. The van der Waals surface area contributed by atoms with Gasteiger partial charge in [0.25, 0.3) is 0 Å². The molecule has 14 heavy (non-hydrogen) atoms. The molecule has 3 heteroatoms. The molecule has 0 aliphatic heterocycles. The molecule has 0 aromatic heterocycles. The van der Waals surface area contributed by atoms with E-state index in [1.54, 1.807) is 0 Å². The maximum atomic E-state index is 11.5. The van der Waals surface area contributed by atoms with Crippen LogP contribution in [-0.4, -0.2) is 17.1 Å². The fourth-order valence-corrected chi connectivity index (χ4v) is 4.30. The lowest BCUT2D eigenvalue weighted by atomic mass is 9.48. The van der Waals surface area contributed by atoms with Crippen molar-refractivity contribution >= 4 is 5.91 Å². The van der Waals surface area contributed by atoms with Crippen molar-refractivity contribution in [2.75, 3.05) is 0 Å². The molecule has 3 N–H and O–H groups in total. The molecule has 0 radical (unpaired) electrons. The van der Waals surface area contributed by atoms with Crippen LogP contribution in [0, 0.1) is 23.2 Å². The molecule has 0 aromatic rings. The molecule has 0 saturated heterocycles. The molecular weight excluding hydrogens is 178 g/mol. The Morgan fingerprint density at radius 1 is 1.21 bits per heavy atom. The molecule has 0 spiro atoms. The van der Waals surface area contributed by atoms with Crippen LogP contribution in [0.1, 0.15) is 32.1 Å². The SMILES string of the molecule is NC(=O)C12CC3C[C@H](C1)C(O)[C@@H](C3)C2. The lowest BCUT2D eigenvalue weighted by Crippen LogP contribution is -2.57. The highest BCUT2D eigenvalue weighted by molar-refractivity contribution is 5.81. The smallest absolute Gasteiger partial charge is 0.223 e. The van der Waals surface area contributed by atoms with E-state index < -0.39 is 0 Å². The minimum absolute atomic E-state index is 0.121. The number of carbonyl (C=O) groups is 1. The minimum atomic E-state index is -0.240. The predicted octanol–water partition coefficient (Wildman–Crippen LogP) is 0.659. The number of nitrogens with two attached hydrogens (primary N) is 1. The maximum absolute atomic E-state index is 11.5. The third-order valence-electron chi connectivity index (χ3n) is 4.75. The number of aliphatic hydroxyl groups is 1. The van der Waals surface area contributed by atoms with Crippen LogP contribution in [0.15, 0.2) is 0 Å². The van der Waals surface area contributed by atoms with Crippen molar-refractivity contribution in [2.24, 2.45) is 28.9 Å². The largest absolute Gasteiger partial charge is 0.393 e. The van der Waals surface area contributed by atoms with Gasteiger partial charge in [-0.3, -0.25) is 4.79 Å². The normalized spacial score (nSPS) is 54.9. The first-order chi connectivity index (χ1) is 6.61. The average Bonchev–Trinajstić information content (AvgIpc) is 2.12. The van der Waals surface area contributed by atoms with E-state index in [9.17, 15) is 9.90 Å². The fourth-order valence-electron chi connectivity index (χ4n) is 4.30. The first-order valence-electron chi connectivity index (χ1n) is 5.59. The molecule has 4 aliphatic carbocycles. The van der Waals surface area contributed by atoms with Gasteiger partial charge in [0.05, 0.1) is 6.10 Å². The third kappa shape index (κ3) is 0.937. The zero-order chi connectivity index (χ0) is 9.92. The first-order valence-corrected chi connectivity index (χ1v) is 5.59. The van der Waals surface area contributed by atoms with Crippen molar-refractivity contribution in [3.05, 3.63) is 0 Å². The summed E-state index contributed by atoms with van der Waals surface area (Å²) in [6.45, 7) is 0. The molecule has 78 valence electrons. The second kappa shape index (κ2) is 2.51. The van der Waals surface area contributed by atoms with Crippen LogP contribution in [0.25, 0.3) is 0 Å². The highest BCUT2D eigenvalue weighted by Crippen LogP contribution is 2.59. The Morgan fingerprint density at radius 3 is 2.29 bits per heavy atom. The molecule has 3 nitrogen and oxygen atoms in total. The summed E-state index contributed by atoms with van der Waals surface area (Å²) in [5.74, 6) is 1.25. The van der Waals surface area contributed by atoms with Crippen molar-refractivity contribution in [1.82, 2.24) is 0 Å². The molecule has 5 atom stereocenters. The van der Waals surface area contributed by atoms with E-state index in [1.807, 2.05) is 0 Å². The van der Waals surface area contributed by atoms with Gasteiger partial charge in [-0.2, -0.15) is 0 Å². The molecule has 4 aliphatic rings. The Labute approximate surface area is 83.7 Å². The third-order valence-corrected chi connectivity index (χ3v) is 4.75. The van der Waals surface area contributed by atoms with Crippen LogP contribution in [-0.2, 0) is 4.79 Å². The van der Waals surface area contributed by atoms with E-state index in [0.717, 1.165) is 32.1 Å². The summed E-state index contributed by atoms with van der Waals surface area (Å²) in [6.07, 6.45) is 4.76. The van der Waals surface area contributed by atoms with Gasteiger partial charge in [-0.15, -0.1) is 0 Å². The van der Waals surface area contributed by atoms with Crippen molar-refractivity contribution in [3.8, 4) is 0 Å². The van der Waals surface area contributed by atoms with E-state index in [2.05, 4.69) is 0 Å². The molecule has 4 bridgehead atoms. The van der Waals surface area contributed by atoms with Crippen molar-refractivity contribution in [2.45, 2.75) is 38.2 Å². The van der Waals surface area contributed by atoms with Gasteiger partial charge in [0, 0.05) is 5.41 Å². The summed E-state index contributed by atoms with van der Waals surface area (Å²) < 4.78 is 0. The number of aliphatic hydroxyl groups excluding tert-OH is 1. The second-order valence-electron chi connectivity index (χ2n) is 5.61. The lowest BCUT2D eigenvalue weighted by molar-refractivity contribution is -0.160. The number of hydrogen-bond acceptors (Lipinski definition) is 2. The highest BCUT2D eigenvalue weighted by atomic mass is 16.3. The van der Waals surface area contributed by atoms with Gasteiger partial charge in [0.2, 0.25) is 5.91 Å². The van der Waals surface area contributed by atoms with Gasteiger partial charge in [-0.05, 0) is 49.9 Å². The molecule has 1 amide bonds. The average molecular weight is 195 g/mol. The lowest BCUT2D eigenvalue weighted by Gasteiger charge is -2.57. The summed E-state index contributed by atoms with van der Waals surface area (Å²) in [4.78, 5) is 11.5. The molecule has 4 rings (SSSR count). The first kappa shape index (κ1) is 8.72. The zero-order valence-corrected chi connectivity index (χ0v) is 8.28. The standard InChI is InChI=1S/C11H17NO2/c12-10(14)11-3-6-1-7(4-11)9(13)8(2-6)5-11/h6-9,13H,1-5H2,(H2,12,14)/t6?,7-,8+,9?,11?. The Morgan fingerprint density at radius 2 is 1.79 bits per heavy atom. The molecule has 0 aromatic carbocycles. The molecule has 4 fully saturated rings. The summed E-state index contributed by atoms with van der Waals surface area (Å²) in [5.41, 5.74) is 5.28. The summed E-state index contributed by atoms with van der Waals surface area (Å²) >= 11 is 0. The van der Waals surface area contributed by atoms with Crippen molar-refractivity contribution < 1.29 is 9.90 Å². The molecule has 0 heterocycles. The minimum Gasteiger partial charge on any atom is -0.393 e. The molecular formula is C11H17NO2. The van der Waals surface area contributed by atoms with Crippen molar-refractivity contribution in [3.63, 3.8) is 0 Å². The Hall–Kier alpha value is -0.570. The molecule has 4 saturated carbocycles. The van der Waals surface area contributed by atoms with Crippen LogP contribution in [0.2, 0.25) is 0 Å². The van der Waals surface area contributed by atoms with E-state index in [0.29, 0.717) is 17.8 Å². The van der Waals surface area contributed by atoms with Gasteiger partial charge in [-0.1, -0.05) is 0 Å². The predicted molar refractivity (Wildman–Crippen MR) is 51.2 cm³/mol. The molecule has 3 unspecified atom stereocenters. The maximum Gasteiger partial charge on any atom is 0.223 e. The van der Waals surface area contributed by atoms with E-state index in [1.165, 1.54) is 0 Å². The summed E-state index contributed by atoms with van der Waals surface area (Å²) in [7, 11) is 0. The van der Waals surface area contributed by atoms with Crippen LogP contribution in [0.4, 0.5) is 0 Å². The number of amides is 1. The Balaban J connectivity index is 1.96. The van der Waals surface area contributed by atoms with Gasteiger partial charge in [0.15, 0.2) is 0 Å². The van der Waals surface area contributed by atoms with Gasteiger partial charge in [0.1, 0.15) is 0 Å². The quantitative estimate of drug-likeness (QED) is 0.645. The second-order valence-corrected chi connectivity index (χ2v) is 5.61.